The van der Waals surface area contributed by atoms with Crippen molar-refractivity contribution in [3.8, 4) is 17.2 Å². The maximum atomic E-state index is 13.2. The van der Waals surface area contributed by atoms with Gasteiger partial charge < -0.3 is 24.5 Å². The van der Waals surface area contributed by atoms with E-state index in [1.54, 1.807) is 35.9 Å². The summed E-state index contributed by atoms with van der Waals surface area (Å²) < 4.78 is 25.3. The first-order chi connectivity index (χ1) is 15.8. The van der Waals surface area contributed by atoms with Gasteiger partial charge in [-0.15, -0.1) is 0 Å². The van der Waals surface area contributed by atoms with Crippen molar-refractivity contribution in [3.05, 3.63) is 69.3 Å². The third kappa shape index (κ3) is 4.38. The van der Waals surface area contributed by atoms with Gasteiger partial charge >= 0.3 is 0 Å². The number of hydrogen-bond donors (Lipinski definition) is 2. The second-order valence-electron chi connectivity index (χ2n) is 7.51. The standard InChI is InChI=1S/C23H22FN3O5S/c1-27-21-19(22(30)26-23(27)33-11-12-4-6-14(24)7-5-12)15(10-18(28)25-21)13-8-16(31-2)20(29)17(9-13)32-3/h4-9,15,29H,10-11H2,1-3H3,(H,25,28). The van der Waals surface area contributed by atoms with Gasteiger partial charge in [-0.25, -0.2) is 4.39 Å². The third-order valence-electron chi connectivity index (χ3n) is 5.49. The van der Waals surface area contributed by atoms with Gasteiger partial charge in [0.05, 0.1) is 19.8 Å². The average Bonchev–Trinajstić information content (AvgIpc) is 2.81. The molecule has 0 radical (unpaired) electrons. The number of aromatic hydroxyl groups is 1. The van der Waals surface area contributed by atoms with Crippen LogP contribution in [0.3, 0.4) is 0 Å². The number of carbonyl (C=O) groups excluding carboxylic acids is 1. The van der Waals surface area contributed by atoms with Crippen LogP contribution in [0.4, 0.5) is 10.2 Å². The number of aromatic nitrogens is 2. The smallest absolute Gasteiger partial charge is 0.279 e. The highest BCUT2D eigenvalue weighted by Gasteiger charge is 2.33. The Morgan fingerprint density at radius 1 is 1.18 bits per heavy atom. The lowest BCUT2D eigenvalue weighted by Crippen LogP contribution is -2.33. The van der Waals surface area contributed by atoms with Gasteiger partial charge in [-0.1, -0.05) is 23.9 Å². The summed E-state index contributed by atoms with van der Waals surface area (Å²) >= 11 is 1.31. The fraction of sp³-hybridized carbons (Fsp3) is 0.261. The van der Waals surface area contributed by atoms with Crippen molar-refractivity contribution >= 4 is 23.5 Å². The van der Waals surface area contributed by atoms with Crippen LogP contribution in [-0.2, 0) is 17.6 Å². The Morgan fingerprint density at radius 2 is 1.82 bits per heavy atom. The number of nitrogens with zero attached hydrogens (tertiary/aromatic N) is 2. The topological polar surface area (TPSA) is 103 Å². The molecular formula is C23H22FN3O5S. The van der Waals surface area contributed by atoms with Gasteiger partial charge in [0.25, 0.3) is 5.56 Å². The molecule has 4 rings (SSSR count). The largest absolute Gasteiger partial charge is 0.502 e. The first-order valence-corrected chi connectivity index (χ1v) is 11.0. The highest BCUT2D eigenvalue weighted by molar-refractivity contribution is 7.98. The van der Waals surface area contributed by atoms with E-state index in [2.05, 4.69) is 10.3 Å². The maximum Gasteiger partial charge on any atom is 0.279 e. The minimum absolute atomic E-state index is 0.0308. The number of benzene rings is 2. The van der Waals surface area contributed by atoms with Crippen LogP contribution in [0.15, 0.2) is 46.3 Å². The number of anilines is 1. The zero-order valence-corrected chi connectivity index (χ0v) is 19.0. The van der Waals surface area contributed by atoms with E-state index in [1.807, 2.05) is 0 Å². The van der Waals surface area contributed by atoms with Crippen molar-refractivity contribution in [1.82, 2.24) is 9.55 Å². The van der Waals surface area contributed by atoms with Crippen LogP contribution in [0.25, 0.3) is 0 Å². The van der Waals surface area contributed by atoms with Crippen molar-refractivity contribution in [3.63, 3.8) is 0 Å². The van der Waals surface area contributed by atoms with Gasteiger partial charge in [0.15, 0.2) is 16.7 Å². The van der Waals surface area contributed by atoms with E-state index in [0.717, 1.165) is 5.56 Å². The molecule has 3 aromatic rings. The molecule has 1 aromatic heterocycles. The first-order valence-electron chi connectivity index (χ1n) is 10.0. The summed E-state index contributed by atoms with van der Waals surface area (Å²) in [5.41, 5.74) is 1.35. The van der Waals surface area contributed by atoms with E-state index in [-0.39, 0.29) is 35.4 Å². The molecule has 0 spiro atoms. The second-order valence-corrected chi connectivity index (χ2v) is 8.46. The minimum Gasteiger partial charge on any atom is -0.502 e. The number of ether oxygens (including phenoxy) is 2. The predicted octanol–water partition coefficient (Wildman–Crippen LogP) is 3.41. The van der Waals surface area contributed by atoms with E-state index in [0.29, 0.717) is 27.9 Å². The lowest BCUT2D eigenvalue weighted by Gasteiger charge is -2.28. The Hall–Kier alpha value is -3.53. The molecule has 0 saturated heterocycles. The Balaban J connectivity index is 1.75. The van der Waals surface area contributed by atoms with Crippen molar-refractivity contribution < 1.29 is 23.8 Å². The number of hydrogen-bond acceptors (Lipinski definition) is 7. The molecule has 2 heterocycles. The van der Waals surface area contributed by atoms with E-state index >= 15 is 0 Å². The Morgan fingerprint density at radius 3 is 2.42 bits per heavy atom. The SMILES string of the molecule is COc1cc(C2CC(=O)Nc3c2c(=O)nc(SCc2ccc(F)cc2)n3C)cc(OC)c1O. The summed E-state index contributed by atoms with van der Waals surface area (Å²) in [5.74, 6) is -0.149. The normalized spacial score (nSPS) is 15.0. The van der Waals surface area contributed by atoms with E-state index in [1.165, 1.54) is 38.1 Å². The Kier molecular flexibility index (Phi) is 6.28. The maximum absolute atomic E-state index is 13.2. The van der Waals surface area contributed by atoms with Crippen LogP contribution in [0, 0.1) is 5.82 Å². The van der Waals surface area contributed by atoms with E-state index < -0.39 is 11.5 Å². The van der Waals surface area contributed by atoms with Gasteiger partial charge in [-0.3, -0.25) is 9.59 Å². The van der Waals surface area contributed by atoms with Crippen LogP contribution in [0.1, 0.15) is 29.0 Å². The lowest BCUT2D eigenvalue weighted by molar-refractivity contribution is -0.116. The minimum atomic E-state index is -0.598. The zero-order chi connectivity index (χ0) is 23.7. The number of thioether (sulfide) groups is 1. The first kappa shape index (κ1) is 22.7. The number of fused-ring (bicyclic) bond motifs is 1. The number of carbonyl (C=O) groups is 1. The monoisotopic (exact) mass is 471 g/mol. The predicted molar refractivity (Wildman–Crippen MR) is 122 cm³/mol. The number of nitrogens with one attached hydrogen (secondary N) is 1. The fourth-order valence-corrected chi connectivity index (χ4v) is 4.71. The number of halogens is 1. The van der Waals surface area contributed by atoms with Crippen molar-refractivity contribution in [1.29, 1.82) is 0 Å². The average molecular weight is 472 g/mol. The summed E-state index contributed by atoms with van der Waals surface area (Å²) in [5, 5.41) is 13.4. The van der Waals surface area contributed by atoms with Gasteiger partial charge in [-0.2, -0.15) is 4.98 Å². The van der Waals surface area contributed by atoms with Crippen LogP contribution in [-0.4, -0.2) is 34.8 Å². The molecule has 1 amide bonds. The second kappa shape index (κ2) is 9.14. The van der Waals surface area contributed by atoms with Gasteiger partial charge in [0, 0.05) is 25.1 Å². The molecule has 10 heteroatoms. The molecule has 172 valence electrons. The number of amides is 1. The molecule has 0 fully saturated rings. The molecule has 1 aliphatic rings. The molecule has 1 aliphatic heterocycles. The Bertz CT molecular complexity index is 1250. The van der Waals surface area contributed by atoms with Crippen molar-refractivity contribution in [2.75, 3.05) is 19.5 Å². The van der Waals surface area contributed by atoms with Crippen LogP contribution in [0.2, 0.25) is 0 Å². The quantitative estimate of drug-likeness (QED) is 0.420. The van der Waals surface area contributed by atoms with Crippen LogP contribution in [0.5, 0.6) is 17.2 Å². The molecule has 0 saturated carbocycles. The van der Waals surface area contributed by atoms with E-state index in [9.17, 15) is 19.1 Å². The van der Waals surface area contributed by atoms with Gasteiger partial charge in [-0.05, 0) is 35.4 Å². The number of methoxy groups -OCH3 is 2. The summed E-state index contributed by atoms with van der Waals surface area (Å²) in [4.78, 5) is 29.9. The molecule has 33 heavy (non-hydrogen) atoms. The highest BCUT2D eigenvalue weighted by atomic mass is 32.2. The number of phenolic OH excluding ortho intramolecular Hbond substituents is 1. The summed E-state index contributed by atoms with van der Waals surface area (Å²) in [6.07, 6.45) is 0.0308. The van der Waals surface area contributed by atoms with Crippen molar-refractivity contribution in [2.45, 2.75) is 23.2 Å². The van der Waals surface area contributed by atoms with Crippen LogP contribution < -0.4 is 20.3 Å². The molecular weight excluding hydrogens is 449 g/mol. The summed E-state index contributed by atoms with van der Waals surface area (Å²) in [6.45, 7) is 0. The molecule has 2 aromatic carbocycles. The Labute approximate surface area is 193 Å². The van der Waals surface area contributed by atoms with E-state index in [4.69, 9.17) is 9.47 Å². The zero-order valence-electron chi connectivity index (χ0n) is 18.2. The molecule has 2 N–H and O–H groups in total. The molecule has 0 bridgehead atoms. The molecule has 1 unspecified atom stereocenters. The number of rotatable bonds is 6. The van der Waals surface area contributed by atoms with Crippen molar-refractivity contribution in [2.24, 2.45) is 7.05 Å². The van der Waals surface area contributed by atoms with Crippen LogP contribution >= 0.6 is 11.8 Å². The number of phenols is 1. The molecule has 1 atom stereocenters. The van der Waals surface area contributed by atoms with Gasteiger partial charge in [0.2, 0.25) is 11.7 Å². The van der Waals surface area contributed by atoms with Gasteiger partial charge in [0.1, 0.15) is 11.6 Å². The molecule has 0 aliphatic carbocycles. The third-order valence-corrected chi connectivity index (χ3v) is 6.59. The fourth-order valence-electron chi connectivity index (χ4n) is 3.79. The summed E-state index contributed by atoms with van der Waals surface area (Å²) in [7, 11) is 4.54. The summed E-state index contributed by atoms with van der Waals surface area (Å²) in [6, 6.07) is 9.26. The molecule has 8 nitrogen and oxygen atoms in total. The lowest BCUT2D eigenvalue weighted by atomic mass is 9.86. The highest BCUT2D eigenvalue weighted by Crippen LogP contribution is 2.43.